The molecular formula is C25H13F5N2O3. The van der Waals surface area contributed by atoms with Crippen LogP contribution in [0.3, 0.4) is 0 Å². The Morgan fingerprint density at radius 2 is 1.54 bits per heavy atom. The smallest absolute Gasteiger partial charge is 0.262 e. The summed E-state index contributed by atoms with van der Waals surface area (Å²) in [5.74, 6) is -11.4. The number of nitrogens with one attached hydrogen (secondary N) is 1. The topological polar surface area (TPSA) is 64.4 Å². The van der Waals surface area contributed by atoms with E-state index in [-0.39, 0.29) is 23.4 Å². The van der Waals surface area contributed by atoms with Crippen LogP contribution in [0.2, 0.25) is 0 Å². The van der Waals surface area contributed by atoms with Gasteiger partial charge in [-0.2, -0.15) is 0 Å². The number of rotatable bonds is 5. The summed E-state index contributed by atoms with van der Waals surface area (Å²) in [4.78, 5) is 16.2. The summed E-state index contributed by atoms with van der Waals surface area (Å²) in [5, 5.41) is 4.38. The Morgan fingerprint density at radius 1 is 0.857 bits per heavy atom. The number of hydrogen-bond donors (Lipinski definition) is 1. The number of hydrogen-bond acceptors (Lipinski definition) is 4. The summed E-state index contributed by atoms with van der Waals surface area (Å²) in [6, 6.07) is 17.0. The van der Waals surface area contributed by atoms with Gasteiger partial charge in [0, 0.05) is 11.1 Å². The molecular weight excluding hydrogens is 471 g/mol. The Bertz CT molecular complexity index is 1580. The van der Waals surface area contributed by atoms with Gasteiger partial charge in [-0.05, 0) is 29.7 Å². The predicted molar refractivity (Wildman–Crippen MR) is 117 cm³/mol. The number of amides is 1. The largest absolute Gasteiger partial charge is 0.483 e. The van der Waals surface area contributed by atoms with Gasteiger partial charge in [-0.1, -0.05) is 36.4 Å². The lowest BCUT2D eigenvalue weighted by Gasteiger charge is -2.09. The Labute approximate surface area is 193 Å². The van der Waals surface area contributed by atoms with Gasteiger partial charge in [-0.25, -0.2) is 26.9 Å². The van der Waals surface area contributed by atoms with Crippen LogP contribution in [0.1, 0.15) is 0 Å². The molecule has 5 aromatic rings. The number of carbonyl (C=O) groups excluding carboxylic acids is 1. The number of ether oxygens (including phenoxy) is 1. The molecule has 0 atom stereocenters. The van der Waals surface area contributed by atoms with Gasteiger partial charge in [0.05, 0.1) is 0 Å². The third-order valence-electron chi connectivity index (χ3n) is 5.20. The van der Waals surface area contributed by atoms with Crippen molar-refractivity contribution in [3.05, 3.63) is 89.7 Å². The zero-order valence-electron chi connectivity index (χ0n) is 17.5. The van der Waals surface area contributed by atoms with E-state index in [0.717, 1.165) is 10.8 Å². The fourth-order valence-corrected chi connectivity index (χ4v) is 3.57. The van der Waals surface area contributed by atoms with Crippen LogP contribution >= 0.6 is 0 Å². The molecule has 0 bridgehead atoms. The van der Waals surface area contributed by atoms with E-state index in [2.05, 4.69) is 10.3 Å². The molecule has 0 aliphatic heterocycles. The molecule has 0 saturated heterocycles. The van der Waals surface area contributed by atoms with E-state index in [0.29, 0.717) is 5.75 Å². The van der Waals surface area contributed by atoms with E-state index in [1.807, 2.05) is 30.3 Å². The predicted octanol–water partition coefficient (Wildman–Crippen LogP) is 6.36. The summed E-state index contributed by atoms with van der Waals surface area (Å²) < 4.78 is 79.4. The zero-order chi connectivity index (χ0) is 24.7. The van der Waals surface area contributed by atoms with E-state index >= 15 is 0 Å². The number of fused-ring (bicyclic) bond motifs is 2. The molecule has 5 rings (SSSR count). The SMILES string of the molecule is O=C(COc1cccc2ccccc12)Nc1ccc2oc(-c3c(F)c(F)c(F)c(F)c3F)nc2c1. The maximum atomic E-state index is 14.1. The van der Waals surface area contributed by atoms with Gasteiger partial charge in [0.25, 0.3) is 5.91 Å². The molecule has 10 heteroatoms. The van der Waals surface area contributed by atoms with Gasteiger partial charge in [-0.3, -0.25) is 4.79 Å². The van der Waals surface area contributed by atoms with Crippen LogP contribution in [0.5, 0.6) is 5.75 Å². The highest BCUT2D eigenvalue weighted by Gasteiger charge is 2.29. The van der Waals surface area contributed by atoms with E-state index < -0.39 is 46.4 Å². The molecule has 0 fully saturated rings. The van der Waals surface area contributed by atoms with Crippen LogP contribution in [0.25, 0.3) is 33.3 Å². The summed E-state index contributed by atoms with van der Waals surface area (Å²) in [7, 11) is 0. The fourth-order valence-electron chi connectivity index (χ4n) is 3.57. The first-order valence-corrected chi connectivity index (χ1v) is 10.2. The van der Waals surface area contributed by atoms with E-state index in [1.165, 1.54) is 18.2 Å². The van der Waals surface area contributed by atoms with Crippen molar-refractivity contribution >= 4 is 33.5 Å². The molecule has 0 aliphatic carbocycles. The Morgan fingerprint density at radius 3 is 2.31 bits per heavy atom. The number of halogens is 5. The van der Waals surface area contributed by atoms with Crippen molar-refractivity contribution in [2.24, 2.45) is 0 Å². The molecule has 1 heterocycles. The Kier molecular flexibility index (Phi) is 5.56. The molecule has 1 amide bonds. The number of oxazole rings is 1. The molecule has 4 aromatic carbocycles. The second-order valence-corrected chi connectivity index (χ2v) is 7.46. The molecule has 35 heavy (non-hydrogen) atoms. The molecule has 0 radical (unpaired) electrons. The van der Waals surface area contributed by atoms with Gasteiger partial charge < -0.3 is 14.5 Å². The maximum Gasteiger partial charge on any atom is 0.262 e. The summed E-state index contributed by atoms with van der Waals surface area (Å²) in [5.41, 5.74) is -1.00. The van der Waals surface area contributed by atoms with Crippen molar-refractivity contribution in [3.63, 3.8) is 0 Å². The van der Waals surface area contributed by atoms with Crippen molar-refractivity contribution in [2.75, 3.05) is 11.9 Å². The Balaban J connectivity index is 1.36. The minimum Gasteiger partial charge on any atom is -0.483 e. The average Bonchev–Trinajstić information content (AvgIpc) is 3.28. The molecule has 5 nitrogen and oxygen atoms in total. The van der Waals surface area contributed by atoms with Crippen molar-refractivity contribution < 1.29 is 35.9 Å². The molecule has 1 N–H and O–H groups in total. The highest BCUT2D eigenvalue weighted by atomic mass is 19.2. The van der Waals surface area contributed by atoms with Crippen molar-refractivity contribution in [3.8, 4) is 17.2 Å². The quantitative estimate of drug-likeness (QED) is 0.179. The van der Waals surface area contributed by atoms with E-state index in [9.17, 15) is 26.7 Å². The van der Waals surface area contributed by atoms with Crippen LogP contribution in [-0.4, -0.2) is 17.5 Å². The average molecular weight is 484 g/mol. The first-order chi connectivity index (χ1) is 16.8. The number of benzene rings is 4. The molecule has 0 spiro atoms. The van der Waals surface area contributed by atoms with Gasteiger partial charge in [0.2, 0.25) is 11.7 Å². The van der Waals surface area contributed by atoms with E-state index in [4.69, 9.17) is 9.15 Å². The molecule has 0 aliphatic rings. The van der Waals surface area contributed by atoms with Crippen molar-refractivity contribution in [2.45, 2.75) is 0 Å². The van der Waals surface area contributed by atoms with Crippen LogP contribution in [-0.2, 0) is 4.79 Å². The minimum absolute atomic E-state index is 0.00828. The third kappa shape index (κ3) is 4.03. The number of carbonyl (C=O) groups is 1. The normalized spacial score (nSPS) is 11.2. The molecule has 176 valence electrons. The van der Waals surface area contributed by atoms with Crippen LogP contribution in [0.4, 0.5) is 27.6 Å². The third-order valence-corrected chi connectivity index (χ3v) is 5.20. The minimum atomic E-state index is -2.28. The molecule has 0 saturated carbocycles. The highest BCUT2D eigenvalue weighted by Crippen LogP contribution is 2.33. The number of anilines is 1. The van der Waals surface area contributed by atoms with Crippen molar-refractivity contribution in [1.82, 2.24) is 4.98 Å². The second kappa shape index (κ2) is 8.71. The van der Waals surface area contributed by atoms with Gasteiger partial charge in [-0.15, -0.1) is 0 Å². The van der Waals surface area contributed by atoms with Gasteiger partial charge in [0.1, 0.15) is 16.8 Å². The zero-order valence-corrected chi connectivity index (χ0v) is 17.5. The van der Waals surface area contributed by atoms with Crippen LogP contribution in [0, 0.1) is 29.1 Å². The lowest BCUT2D eigenvalue weighted by Crippen LogP contribution is -2.20. The van der Waals surface area contributed by atoms with E-state index in [1.54, 1.807) is 12.1 Å². The monoisotopic (exact) mass is 484 g/mol. The molecule has 1 aromatic heterocycles. The lowest BCUT2D eigenvalue weighted by atomic mass is 10.1. The van der Waals surface area contributed by atoms with Crippen LogP contribution < -0.4 is 10.1 Å². The van der Waals surface area contributed by atoms with Crippen molar-refractivity contribution in [1.29, 1.82) is 0 Å². The van der Waals surface area contributed by atoms with Gasteiger partial charge in [0.15, 0.2) is 35.5 Å². The summed E-state index contributed by atoms with van der Waals surface area (Å²) >= 11 is 0. The summed E-state index contributed by atoms with van der Waals surface area (Å²) in [6.45, 7) is -0.305. The second-order valence-electron chi connectivity index (χ2n) is 7.46. The first-order valence-electron chi connectivity index (χ1n) is 10.2. The van der Waals surface area contributed by atoms with Gasteiger partial charge >= 0.3 is 0 Å². The number of aromatic nitrogens is 1. The van der Waals surface area contributed by atoms with Crippen LogP contribution in [0.15, 0.2) is 65.1 Å². The Hall–Kier alpha value is -4.47. The summed E-state index contributed by atoms with van der Waals surface area (Å²) in [6.07, 6.45) is 0. The standard InChI is InChI=1S/C25H13F5N2O3/c26-20-19(21(27)23(29)24(30)22(20)28)25-32-15-10-13(8-9-17(15)35-25)31-18(33)11-34-16-7-3-5-12-4-1-2-6-14(12)16/h1-10H,11H2,(H,31,33). The highest BCUT2D eigenvalue weighted by molar-refractivity contribution is 5.94. The maximum absolute atomic E-state index is 14.1. The lowest BCUT2D eigenvalue weighted by molar-refractivity contribution is -0.118. The first kappa shape index (κ1) is 22.3. The fraction of sp³-hybridized carbons (Fsp3) is 0.0400. The number of nitrogens with zero attached hydrogens (tertiary/aromatic N) is 1. The molecule has 0 unspecified atom stereocenters.